The summed E-state index contributed by atoms with van der Waals surface area (Å²) in [4.78, 5) is 0. The molecule has 0 aromatic heterocycles. The van der Waals surface area contributed by atoms with Crippen LogP contribution in [0.1, 0.15) is 22.3 Å². The zero-order valence-electron chi connectivity index (χ0n) is 21.2. The molecule has 0 aliphatic carbocycles. The third-order valence-corrected chi connectivity index (χ3v) is 7.37. The van der Waals surface area contributed by atoms with E-state index >= 15 is 0 Å². The Morgan fingerprint density at radius 2 is 0.500 bits per heavy atom. The van der Waals surface area contributed by atoms with Gasteiger partial charge in [0.15, 0.2) is 0 Å². The molecule has 0 spiro atoms. The van der Waals surface area contributed by atoms with E-state index in [1.807, 2.05) is 31.9 Å². The molecule has 0 unspecified atom stereocenters. The molecule has 0 heterocycles. The van der Waals surface area contributed by atoms with E-state index in [0.29, 0.717) is 0 Å². The lowest BCUT2D eigenvalue weighted by Crippen LogP contribution is -2.69. The van der Waals surface area contributed by atoms with Gasteiger partial charge in [-0.15, -0.1) is 0 Å². The predicted octanol–water partition coefficient (Wildman–Crippen LogP) is 11.9. The molecule has 28 heteroatoms. The van der Waals surface area contributed by atoms with E-state index in [2.05, 4.69) is 0 Å². The number of alkyl halides is 28. The zero-order valence-corrected chi connectivity index (χ0v) is 24.3. The van der Waals surface area contributed by atoms with Crippen LogP contribution in [0.15, 0.2) is 12.1 Å². The first-order valence-electron chi connectivity index (χ1n) is 10.8. The maximum absolute atomic E-state index is 14.8. The quantitative estimate of drug-likeness (QED) is 0.145. The smallest absolute Gasteiger partial charge is 0.194 e. The third-order valence-electron chi connectivity index (χ3n) is 6.16. The molecule has 0 amide bonds. The van der Waals surface area contributed by atoms with E-state index in [9.17, 15) is 114 Å². The van der Waals surface area contributed by atoms with Crippen LogP contribution >= 0.6 is 31.9 Å². The van der Waals surface area contributed by atoms with Gasteiger partial charge in [0.2, 0.25) is 0 Å². The van der Waals surface area contributed by atoms with Crippen LogP contribution in [0.4, 0.5) is 114 Å². The molecule has 0 fully saturated rings. The Bertz CT molecular complexity index is 1230. The van der Waals surface area contributed by atoms with Crippen LogP contribution < -0.4 is 0 Å². The molecule has 1 aromatic rings. The molecule has 1 aromatic carbocycles. The molecule has 282 valence electrons. The van der Waals surface area contributed by atoms with Gasteiger partial charge in [-0.3, -0.25) is 0 Å². The number of halogens is 28. The molecule has 0 radical (unpaired) electrons. The second kappa shape index (κ2) is 12.0. The molecule has 0 aliphatic heterocycles. The Morgan fingerprint density at radius 1 is 0.312 bits per heavy atom. The van der Waals surface area contributed by atoms with Crippen molar-refractivity contribution in [3.05, 3.63) is 34.4 Å². The minimum absolute atomic E-state index is 1.20. The summed E-state index contributed by atoms with van der Waals surface area (Å²) in [7, 11) is 0. The van der Waals surface area contributed by atoms with Gasteiger partial charge in [-0.25, -0.2) is 0 Å². The van der Waals surface area contributed by atoms with Crippen molar-refractivity contribution in [2.75, 3.05) is 0 Å². The van der Waals surface area contributed by atoms with Crippen molar-refractivity contribution in [1.29, 1.82) is 0 Å². The lowest BCUT2D eigenvalue weighted by atomic mass is 9.84. The van der Waals surface area contributed by atoms with Crippen molar-refractivity contribution >= 4 is 31.9 Å². The first kappa shape index (κ1) is 44.4. The fraction of sp³-hybridized carbons (Fsp3) is 0.700. The zero-order chi connectivity index (χ0) is 39.1. The largest absolute Gasteiger partial charge is 0.460 e. The predicted molar refractivity (Wildman–Crippen MR) is 111 cm³/mol. The Balaban J connectivity index is 4.13. The number of benzene rings is 1. The topological polar surface area (TPSA) is 0 Å². The van der Waals surface area contributed by atoms with Gasteiger partial charge < -0.3 is 0 Å². The van der Waals surface area contributed by atoms with Crippen molar-refractivity contribution in [3.8, 4) is 0 Å². The summed E-state index contributed by atoms with van der Waals surface area (Å²) in [5.74, 6) is -81.3. The van der Waals surface area contributed by atoms with Gasteiger partial charge in [0.1, 0.15) is 0 Å². The highest BCUT2D eigenvalue weighted by Gasteiger charge is 2.92. The van der Waals surface area contributed by atoms with Crippen molar-refractivity contribution in [2.45, 2.75) is 82.2 Å². The fourth-order valence-corrected chi connectivity index (χ4v) is 4.30. The van der Waals surface area contributed by atoms with Gasteiger partial charge in [-0.1, -0.05) is 31.9 Å². The number of hydrogen-bond donors (Lipinski definition) is 0. The molecule has 0 N–H and O–H groups in total. The standard InChI is InChI=1S/C20H6Br2F26/c21-3-5-1-7(9(23,24)11(27,28)13(31,32)15(35,36)17(39,40)19(43,44)45)6(4-22)2-8(5)10(25,26)12(29,30)14(33,34)16(37,38)18(41,42)20(46,47)48/h1-2H,3-4H2. The van der Waals surface area contributed by atoms with Crippen LogP contribution in [0.5, 0.6) is 0 Å². The molecule has 1 rings (SSSR count). The molecule has 0 aliphatic rings. The van der Waals surface area contributed by atoms with Gasteiger partial charge in [0.05, 0.1) is 0 Å². The summed E-state index contributed by atoms with van der Waals surface area (Å²) >= 11 is 3.83. The molecule has 0 saturated heterocycles. The second-order valence-electron chi connectivity index (χ2n) is 9.17. The van der Waals surface area contributed by atoms with Gasteiger partial charge in [-0.2, -0.15) is 114 Å². The maximum atomic E-state index is 14.8. The Morgan fingerprint density at radius 3 is 0.667 bits per heavy atom. The second-order valence-corrected chi connectivity index (χ2v) is 10.3. The molecule has 0 bridgehead atoms. The van der Waals surface area contributed by atoms with Gasteiger partial charge in [-0.05, 0) is 23.3 Å². The van der Waals surface area contributed by atoms with E-state index in [0.717, 1.165) is 0 Å². The van der Waals surface area contributed by atoms with E-state index in [1.54, 1.807) is 0 Å². The van der Waals surface area contributed by atoms with Crippen LogP contribution in [-0.4, -0.2) is 59.7 Å². The highest BCUT2D eigenvalue weighted by atomic mass is 79.9. The van der Waals surface area contributed by atoms with Crippen molar-refractivity contribution in [2.24, 2.45) is 0 Å². The first-order valence-corrected chi connectivity index (χ1v) is 13.1. The molecule has 0 saturated carbocycles. The highest BCUT2D eigenvalue weighted by Crippen LogP contribution is 2.65. The molecular formula is C20H6Br2F26. The third kappa shape index (κ3) is 5.76. The Labute approximate surface area is 263 Å². The molecule has 48 heavy (non-hydrogen) atoms. The van der Waals surface area contributed by atoms with E-state index < -0.39 is 117 Å². The lowest BCUT2D eigenvalue weighted by Gasteiger charge is -2.41. The van der Waals surface area contributed by atoms with Crippen LogP contribution in [-0.2, 0) is 22.5 Å². The number of hydrogen-bond acceptors (Lipinski definition) is 0. The Hall–Kier alpha value is -1.64. The fourth-order valence-electron chi connectivity index (χ4n) is 3.37. The summed E-state index contributed by atoms with van der Waals surface area (Å²) < 4.78 is 353. The average molecular weight is 900 g/mol. The van der Waals surface area contributed by atoms with Crippen LogP contribution in [0.3, 0.4) is 0 Å². The summed E-state index contributed by atoms with van der Waals surface area (Å²) in [6.45, 7) is 0. The maximum Gasteiger partial charge on any atom is 0.460 e. The molecule has 0 nitrogen and oxygen atoms in total. The highest BCUT2D eigenvalue weighted by molar-refractivity contribution is 9.08. The lowest BCUT2D eigenvalue weighted by molar-refractivity contribution is -0.442. The summed E-state index contributed by atoms with van der Waals surface area (Å²) in [6, 6.07) is -2.40. The number of rotatable bonds is 12. The summed E-state index contributed by atoms with van der Waals surface area (Å²) in [5.41, 5.74) is -11.0. The van der Waals surface area contributed by atoms with E-state index in [1.165, 1.54) is 0 Å². The van der Waals surface area contributed by atoms with Crippen molar-refractivity contribution in [1.82, 2.24) is 0 Å². The summed E-state index contributed by atoms with van der Waals surface area (Å²) in [5, 5.41) is -3.82. The van der Waals surface area contributed by atoms with Crippen LogP contribution in [0.2, 0.25) is 0 Å². The SMILES string of the molecule is FC(F)(F)C(F)(F)C(F)(F)C(F)(F)C(F)(F)C(F)(F)c1cc(CBr)c(C(F)(F)C(F)(F)C(F)(F)C(F)(F)C(F)(F)C(F)(F)F)cc1CBr. The molecular weight excluding hydrogens is 894 g/mol. The van der Waals surface area contributed by atoms with E-state index in [-0.39, 0.29) is 0 Å². The summed E-state index contributed by atoms with van der Waals surface area (Å²) in [6.07, 6.45) is -15.7. The monoisotopic (exact) mass is 898 g/mol. The molecule has 0 atom stereocenters. The van der Waals surface area contributed by atoms with Gasteiger partial charge in [0.25, 0.3) is 0 Å². The van der Waals surface area contributed by atoms with Gasteiger partial charge in [0, 0.05) is 21.8 Å². The minimum Gasteiger partial charge on any atom is -0.194 e. The van der Waals surface area contributed by atoms with Crippen molar-refractivity contribution in [3.63, 3.8) is 0 Å². The Kier molecular flexibility index (Phi) is 11.1. The van der Waals surface area contributed by atoms with Crippen LogP contribution in [0.25, 0.3) is 0 Å². The van der Waals surface area contributed by atoms with Crippen LogP contribution in [0, 0.1) is 0 Å². The first-order chi connectivity index (χ1) is 20.6. The minimum atomic E-state index is -8.49. The van der Waals surface area contributed by atoms with Crippen molar-refractivity contribution < 1.29 is 114 Å². The van der Waals surface area contributed by atoms with Gasteiger partial charge >= 0.3 is 71.6 Å². The van der Waals surface area contributed by atoms with E-state index in [4.69, 9.17) is 0 Å². The average Bonchev–Trinajstić information content (AvgIpc) is 2.89. The normalized spacial score (nSPS) is 16.1.